The molecule has 3 nitrogen and oxygen atoms in total. The van der Waals surface area contributed by atoms with Crippen molar-refractivity contribution in [2.24, 2.45) is 0 Å². The molecule has 0 aliphatic carbocycles. The number of carbonyl (C=O) groups is 1. The summed E-state index contributed by atoms with van der Waals surface area (Å²) in [5.41, 5.74) is -0.0590. The fraction of sp³-hybridized carbons (Fsp3) is 0.100. The molecule has 2 N–H and O–H groups in total. The number of carboxylic acid groups (broad SMARTS) is 1. The average molecular weight is 196 g/mol. The van der Waals surface area contributed by atoms with Crippen LogP contribution in [-0.2, 0) is 6.42 Å². The molecule has 0 heterocycles. The molecule has 1 aromatic rings. The lowest BCUT2D eigenvalue weighted by Crippen LogP contribution is -2.03. The number of phenolic OH excluding ortho intramolecular Hbond substituents is 1. The third kappa shape index (κ3) is 1.74. The molecule has 4 heteroatoms. The average Bonchev–Trinajstić information content (AvgIpc) is 2.13. The second-order valence-corrected chi connectivity index (χ2v) is 2.72. The monoisotopic (exact) mass is 196 g/mol. The van der Waals surface area contributed by atoms with E-state index in [0.717, 1.165) is 12.1 Å². The molecule has 0 spiro atoms. The topological polar surface area (TPSA) is 57.5 Å². The first-order valence-electron chi connectivity index (χ1n) is 3.92. The van der Waals surface area contributed by atoms with E-state index in [9.17, 15) is 14.3 Å². The molecule has 0 aromatic heterocycles. The van der Waals surface area contributed by atoms with E-state index >= 15 is 0 Å². The summed E-state index contributed by atoms with van der Waals surface area (Å²) in [6, 6.07) is 2.04. The van der Waals surface area contributed by atoms with E-state index < -0.39 is 17.5 Å². The molecule has 74 valence electrons. The molecule has 0 bridgehead atoms. The minimum absolute atomic E-state index is 0.0486. The van der Waals surface area contributed by atoms with Gasteiger partial charge in [-0.1, -0.05) is 6.08 Å². The quantitative estimate of drug-likeness (QED) is 0.726. The summed E-state index contributed by atoms with van der Waals surface area (Å²) in [6.45, 7) is 3.40. The van der Waals surface area contributed by atoms with Crippen molar-refractivity contribution in [2.75, 3.05) is 0 Å². The number of hydrogen-bond acceptors (Lipinski definition) is 2. The summed E-state index contributed by atoms with van der Waals surface area (Å²) in [5.74, 6) is -2.64. The Kier molecular flexibility index (Phi) is 2.86. The summed E-state index contributed by atoms with van der Waals surface area (Å²) in [5, 5.41) is 18.0. The van der Waals surface area contributed by atoms with E-state index in [2.05, 4.69) is 6.58 Å². The van der Waals surface area contributed by atoms with Crippen molar-refractivity contribution < 1.29 is 19.4 Å². The van der Waals surface area contributed by atoms with Crippen molar-refractivity contribution in [1.82, 2.24) is 0 Å². The zero-order valence-electron chi connectivity index (χ0n) is 7.33. The fourth-order valence-corrected chi connectivity index (χ4v) is 1.16. The number of hydrogen-bond donors (Lipinski definition) is 2. The van der Waals surface area contributed by atoms with Gasteiger partial charge in [0.25, 0.3) is 0 Å². The minimum Gasteiger partial charge on any atom is -0.505 e. The first-order chi connectivity index (χ1) is 6.57. The van der Waals surface area contributed by atoms with E-state index in [4.69, 9.17) is 5.11 Å². The van der Waals surface area contributed by atoms with Gasteiger partial charge < -0.3 is 10.2 Å². The second kappa shape index (κ2) is 3.91. The third-order valence-electron chi connectivity index (χ3n) is 1.81. The predicted molar refractivity (Wildman–Crippen MR) is 48.9 cm³/mol. The van der Waals surface area contributed by atoms with Crippen LogP contribution >= 0.6 is 0 Å². The molecular weight excluding hydrogens is 187 g/mol. The van der Waals surface area contributed by atoms with Crippen molar-refractivity contribution in [3.05, 3.63) is 41.7 Å². The minimum atomic E-state index is -1.20. The Labute approximate surface area is 80.1 Å². The van der Waals surface area contributed by atoms with Crippen LogP contribution in [0.2, 0.25) is 0 Å². The molecule has 0 amide bonds. The van der Waals surface area contributed by atoms with Crippen LogP contribution in [-0.4, -0.2) is 16.2 Å². The van der Waals surface area contributed by atoms with Gasteiger partial charge in [0.05, 0.1) is 5.56 Å². The summed E-state index contributed by atoms with van der Waals surface area (Å²) < 4.78 is 12.9. The van der Waals surface area contributed by atoms with Crippen molar-refractivity contribution in [1.29, 1.82) is 0 Å². The van der Waals surface area contributed by atoms with Crippen LogP contribution in [0.5, 0.6) is 5.75 Å². The largest absolute Gasteiger partial charge is 0.505 e. The number of halogens is 1. The molecule has 0 radical (unpaired) electrons. The van der Waals surface area contributed by atoms with Crippen LogP contribution in [0.25, 0.3) is 0 Å². The molecule has 0 aliphatic rings. The molecule has 0 saturated heterocycles. The van der Waals surface area contributed by atoms with Crippen molar-refractivity contribution >= 4 is 5.97 Å². The zero-order chi connectivity index (χ0) is 10.7. The third-order valence-corrected chi connectivity index (χ3v) is 1.81. The van der Waals surface area contributed by atoms with Gasteiger partial charge in [0.2, 0.25) is 0 Å². The Balaban J connectivity index is 3.36. The van der Waals surface area contributed by atoms with Gasteiger partial charge in [0.1, 0.15) is 0 Å². The Hall–Kier alpha value is -1.84. The fourth-order valence-electron chi connectivity index (χ4n) is 1.16. The van der Waals surface area contributed by atoms with Crippen LogP contribution in [0.1, 0.15) is 15.9 Å². The number of phenols is 1. The van der Waals surface area contributed by atoms with Gasteiger partial charge >= 0.3 is 5.97 Å². The molecule has 1 rings (SSSR count). The van der Waals surface area contributed by atoms with Crippen LogP contribution < -0.4 is 0 Å². The maximum atomic E-state index is 12.9. The molecule has 0 aliphatic heterocycles. The van der Waals surface area contributed by atoms with Crippen LogP contribution in [0.3, 0.4) is 0 Å². The highest BCUT2D eigenvalue weighted by atomic mass is 19.1. The number of aromatic hydroxyl groups is 1. The van der Waals surface area contributed by atoms with Crippen molar-refractivity contribution in [3.8, 4) is 5.75 Å². The first kappa shape index (κ1) is 10.2. The predicted octanol–water partition coefficient (Wildman–Crippen LogP) is 1.96. The Bertz CT molecular complexity index is 385. The summed E-state index contributed by atoms with van der Waals surface area (Å²) in [6.07, 6.45) is 1.52. The number of carboxylic acids is 1. The number of rotatable bonds is 3. The second-order valence-electron chi connectivity index (χ2n) is 2.72. The smallest absolute Gasteiger partial charge is 0.336 e. The zero-order valence-corrected chi connectivity index (χ0v) is 7.33. The number of benzene rings is 1. The molecule has 14 heavy (non-hydrogen) atoms. The van der Waals surface area contributed by atoms with Crippen LogP contribution in [0.15, 0.2) is 24.8 Å². The summed E-state index contributed by atoms with van der Waals surface area (Å²) in [4.78, 5) is 10.7. The van der Waals surface area contributed by atoms with Crippen LogP contribution in [0, 0.1) is 5.82 Å². The van der Waals surface area contributed by atoms with E-state index in [1.54, 1.807) is 0 Å². The molecule has 0 saturated carbocycles. The van der Waals surface area contributed by atoms with Gasteiger partial charge in [-0.15, -0.1) is 6.58 Å². The first-order valence-corrected chi connectivity index (χ1v) is 3.92. The van der Waals surface area contributed by atoms with Gasteiger partial charge in [-0.25, -0.2) is 9.18 Å². The molecule has 0 atom stereocenters. The standard InChI is InChI=1S/C10H9FO3/c1-2-3-6-7(10(13)14)4-5-8(11)9(6)12/h2,4-5,12H,1,3H2,(H,13,14). The van der Waals surface area contributed by atoms with Crippen LogP contribution in [0.4, 0.5) is 4.39 Å². The molecule has 0 fully saturated rings. The SMILES string of the molecule is C=CCc1c(C(=O)O)ccc(F)c1O. The maximum absolute atomic E-state index is 12.9. The van der Waals surface area contributed by atoms with Gasteiger partial charge in [-0.3, -0.25) is 0 Å². The number of aromatic carboxylic acids is 1. The normalized spacial score (nSPS) is 9.79. The molecule has 0 unspecified atom stereocenters. The van der Waals surface area contributed by atoms with E-state index in [0.29, 0.717) is 0 Å². The van der Waals surface area contributed by atoms with E-state index in [1.807, 2.05) is 0 Å². The summed E-state index contributed by atoms with van der Waals surface area (Å²) >= 11 is 0. The van der Waals surface area contributed by atoms with E-state index in [-0.39, 0.29) is 17.5 Å². The summed E-state index contributed by atoms with van der Waals surface area (Å²) in [7, 11) is 0. The lowest BCUT2D eigenvalue weighted by atomic mass is 10.0. The lowest BCUT2D eigenvalue weighted by molar-refractivity contribution is 0.0695. The lowest BCUT2D eigenvalue weighted by Gasteiger charge is -2.06. The van der Waals surface area contributed by atoms with Gasteiger partial charge in [-0.2, -0.15) is 0 Å². The number of allylic oxidation sites excluding steroid dienone is 1. The van der Waals surface area contributed by atoms with Gasteiger partial charge in [0, 0.05) is 5.56 Å². The Morgan fingerprint density at radius 2 is 2.21 bits per heavy atom. The van der Waals surface area contributed by atoms with Crippen molar-refractivity contribution in [3.63, 3.8) is 0 Å². The van der Waals surface area contributed by atoms with Gasteiger partial charge in [0.15, 0.2) is 11.6 Å². The van der Waals surface area contributed by atoms with Crippen molar-refractivity contribution in [2.45, 2.75) is 6.42 Å². The van der Waals surface area contributed by atoms with E-state index in [1.165, 1.54) is 6.08 Å². The highest BCUT2D eigenvalue weighted by molar-refractivity contribution is 5.90. The maximum Gasteiger partial charge on any atom is 0.336 e. The Morgan fingerprint density at radius 3 is 2.71 bits per heavy atom. The highest BCUT2D eigenvalue weighted by Crippen LogP contribution is 2.25. The molecular formula is C10H9FO3. The Morgan fingerprint density at radius 1 is 1.57 bits per heavy atom. The van der Waals surface area contributed by atoms with Gasteiger partial charge in [-0.05, 0) is 18.6 Å². The molecule has 1 aromatic carbocycles. The highest BCUT2D eigenvalue weighted by Gasteiger charge is 2.15.